The normalized spacial score (nSPS) is 24.6. The topological polar surface area (TPSA) is 444 Å². The number of urea groups is 1. The Bertz CT molecular complexity index is 5320. The van der Waals surface area contributed by atoms with Gasteiger partial charge in [0.1, 0.15) is 17.7 Å². The summed E-state index contributed by atoms with van der Waals surface area (Å²) in [4.78, 5) is 183. The second-order valence-electron chi connectivity index (χ2n) is 24.9. The van der Waals surface area contributed by atoms with Crippen LogP contribution in [0.1, 0.15) is 47.3 Å². The Kier molecular flexibility index (Phi) is 17.0. The van der Waals surface area contributed by atoms with Gasteiger partial charge in [0.15, 0.2) is 34.0 Å². The molecule has 5 amide bonds. The van der Waals surface area contributed by atoms with E-state index in [1.54, 1.807) is 59.9 Å². The van der Waals surface area contributed by atoms with E-state index < -0.39 is 77.4 Å². The van der Waals surface area contributed by atoms with E-state index in [1.807, 2.05) is 24.3 Å². The molecule has 3 saturated carbocycles. The van der Waals surface area contributed by atoms with E-state index in [0.29, 0.717) is 45.3 Å². The number of fused-ring (bicyclic) bond motifs is 21. The number of imide groups is 1. The van der Waals surface area contributed by atoms with Gasteiger partial charge in [0.05, 0.1) is 82.6 Å². The van der Waals surface area contributed by atoms with Crippen molar-refractivity contribution in [2.45, 2.75) is 54.8 Å². The van der Waals surface area contributed by atoms with Gasteiger partial charge in [-0.1, -0.05) is 0 Å². The lowest BCUT2D eigenvalue weighted by Gasteiger charge is -2.57. The lowest BCUT2D eigenvalue weighted by molar-refractivity contribution is -0.172. The van der Waals surface area contributed by atoms with Crippen LogP contribution in [0.4, 0.5) is 4.79 Å². The van der Waals surface area contributed by atoms with Gasteiger partial charge in [-0.25, -0.2) is 24.0 Å². The van der Waals surface area contributed by atoms with E-state index in [1.165, 1.54) is 87.7 Å². The number of ketones is 2. The Morgan fingerprint density at radius 3 is 1.37 bits per heavy atom. The maximum absolute atomic E-state index is 13.0. The highest BCUT2D eigenvalue weighted by molar-refractivity contribution is 6.07. The van der Waals surface area contributed by atoms with Crippen molar-refractivity contribution in [3.63, 3.8) is 0 Å². The molecule has 12 unspecified atom stereocenters. The number of hydrogen-bond donors (Lipinski definition) is 5. The average molecular weight is 1390 g/mol. The van der Waals surface area contributed by atoms with Gasteiger partial charge in [0.2, 0.25) is 35.0 Å². The molecule has 3 aliphatic carbocycles. The molecule has 6 aromatic heterocycles. The first kappa shape index (κ1) is 66.9. The van der Waals surface area contributed by atoms with Crippen LogP contribution in [0.15, 0.2) is 139 Å². The van der Waals surface area contributed by atoms with Crippen molar-refractivity contribution in [2.24, 2.45) is 50.7 Å². The molecule has 12 heterocycles. The number of aryl methyl sites for hydroxylation is 3. The minimum Gasteiger partial charge on any atom is -0.490 e. The van der Waals surface area contributed by atoms with Gasteiger partial charge in [0, 0.05) is 141 Å². The van der Waals surface area contributed by atoms with E-state index in [9.17, 15) is 71.9 Å². The number of carbonyl (C=O) groups excluding carboxylic acids is 8. The average Bonchev–Trinajstić information content (AvgIpc) is 1.68. The molecule has 18 rings (SSSR count). The highest BCUT2D eigenvalue weighted by Crippen LogP contribution is 2.65. The summed E-state index contributed by atoms with van der Waals surface area (Å²) in [5.74, 6) is -3.76. The first-order valence-electron chi connectivity index (χ1n) is 31.1. The van der Waals surface area contributed by atoms with Gasteiger partial charge in [-0.3, -0.25) is 68.2 Å². The summed E-state index contributed by atoms with van der Waals surface area (Å²) in [5, 5.41) is 7.59. The molecule has 5 N–H and O–H groups in total. The van der Waals surface area contributed by atoms with Crippen LogP contribution in [0, 0.1) is 29.6 Å². The fraction of sp³-hybridized carbons (Fsp3) is 0.328. The second-order valence-corrected chi connectivity index (χ2v) is 24.9. The molecule has 9 aliphatic rings. The van der Waals surface area contributed by atoms with E-state index in [-0.39, 0.29) is 105 Å². The van der Waals surface area contributed by atoms with E-state index >= 15 is 0 Å². The fourth-order valence-corrected chi connectivity index (χ4v) is 14.7. The quantitative estimate of drug-likeness (QED) is 0.0703. The molecular formula is C67H60N10O24. The summed E-state index contributed by atoms with van der Waals surface area (Å²) in [6, 6.07) is 14.3. The maximum atomic E-state index is 13.0. The van der Waals surface area contributed by atoms with Crippen molar-refractivity contribution in [3.8, 4) is 34.5 Å². The number of benzene rings is 3. The molecule has 12 atom stereocenters. The largest absolute Gasteiger partial charge is 0.490 e. The number of aromatic amines is 3. The summed E-state index contributed by atoms with van der Waals surface area (Å²) in [5.41, 5.74) is 1.01. The van der Waals surface area contributed by atoms with E-state index in [2.05, 4.69) is 25.6 Å². The summed E-state index contributed by atoms with van der Waals surface area (Å²) in [6.07, 6.45) is 6.62. The highest BCUT2D eigenvalue weighted by atomic mass is 16.6. The number of H-pyrrole nitrogens is 3. The minimum absolute atomic E-state index is 0.110. The maximum Gasteiger partial charge on any atom is 0.336 e. The number of Topliss-reactive ketones (excluding diaryl/α,β-unsaturated/α-hetero) is 2. The number of methoxy groups -OCH3 is 3. The number of ether oxygens (including phenoxy) is 6. The van der Waals surface area contributed by atoms with Crippen LogP contribution < -0.4 is 78.4 Å². The van der Waals surface area contributed by atoms with Crippen LogP contribution in [-0.2, 0) is 54.7 Å². The number of esters is 2. The Labute approximate surface area is 564 Å². The number of furan rings is 2. The lowest BCUT2D eigenvalue weighted by Crippen LogP contribution is -2.72. The van der Waals surface area contributed by atoms with Crippen LogP contribution in [0.25, 0.3) is 32.9 Å². The van der Waals surface area contributed by atoms with Gasteiger partial charge in [-0.2, -0.15) is 0 Å². The molecule has 34 nitrogen and oxygen atoms in total. The van der Waals surface area contributed by atoms with Crippen LogP contribution >= 0.6 is 0 Å². The van der Waals surface area contributed by atoms with E-state index in [0.717, 1.165) is 27.3 Å². The number of likely N-dealkylation sites (tertiary alicyclic amines) is 2. The molecule has 6 aliphatic heterocycles. The van der Waals surface area contributed by atoms with Crippen LogP contribution in [0.2, 0.25) is 0 Å². The minimum atomic E-state index is -0.645. The third-order valence-corrected chi connectivity index (χ3v) is 19.5. The third-order valence-electron chi connectivity index (χ3n) is 19.5. The van der Waals surface area contributed by atoms with Crippen molar-refractivity contribution < 1.29 is 80.0 Å². The number of rotatable bonds is 3. The first-order valence-corrected chi connectivity index (χ1v) is 31.1. The first-order chi connectivity index (χ1) is 48.2. The molecule has 9 aromatic rings. The smallest absolute Gasteiger partial charge is 0.336 e. The second kappa shape index (κ2) is 25.6. The number of hydrogen-bond acceptors (Lipinski definition) is 24. The van der Waals surface area contributed by atoms with Crippen LogP contribution in [0.3, 0.4) is 0 Å². The molecule has 3 saturated heterocycles. The molecule has 522 valence electrons. The van der Waals surface area contributed by atoms with Crippen LogP contribution in [-0.4, -0.2) is 145 Å². The third kappa shape index (κ3) is 11.3. The zero-order valence-corrected chi connectivity index (χ0v) is 54.5. The summed E-state index contributed by atoms with van der Waals surface area (Å²) >= 11 is 0. The van der Waals surface area contributed by atoms with Crippen LogP contribution in [0.5, 0.6) is 34.5 Å². The Balaban J connectivity index is 0.000000118. The number of carbonyl (C=O) groups is 8. The SMILES string of the molecule is COc1c2c(cc3c1OC(=O)C1C3C3C(=O)CC(=O)N(C)C31)C1C(O2)C2NC(=O)NC(=O)C21.COc1c2c(cc3ccoc13)C1C3C(=O)CC(=O)N(C)C3C1C(=O)O2.COc1c2occc2cc2ccc(=O)oc12.Cn1ccc(=O)[nH]c1=O.Cn1ccc(=O)[nH]c1=O.Cn1ccc(=O)[nH]c1=O. The molecular weight excluding hydrogens is 1330 g/mol. The predicted octanol–water partition coefficient (Wildman–Crippen LogP) is 0.684. The van der Waals surface area contributed by atoms with Crippen molar-refractivity contribution >= 4 is 80.2 Å². The number of nitrogens with one attached hydrogen (secondary N) is 5. The fourth-order valence-electron chi connectivity index (χ4n) is 14.7. The van der Waals surface area contributed by atoms with Crippen molar-refractivity contribution in [1.29, 1.82) is 0 Å². The molecule has 101 heavy (non-hydrogen) atoms. The number of piperidine rings is 2. The molecule has 34 heteroatoms. The summed E-state index contributed by atoms with van der Waals surface area (Å²) < 4.78 is 53.3. The Hall–Kier alpha value is -12.7. The molecule has 0 radical (unpaired) electrons. The molecule has 0 spiro atoms. The van der Waals surface area contributed by atoms with Gasteiger partial charge >= 0.3 is 40.7 Å². The van der Waals surface area contributed by atoms with E-state index in [4.69, 9.17) is 41.7 Å². The molecule has 0 bridgehead atoms. The van der Waals surface area contributed by atoms with Gasteiger partial charge in [-0.05, 0) is 36.4 Å². The molecule has 6 fully saturated rings. The number of aromatic nitrogens is 6. The van der Waals surface area contributed by atoms with Crippen molar-refractivity contribution in [3.05, 3.63) is 181 Å². The summed E-state index contributed by atoms with van der Waals surface area (Å²) in [6.45, 7) is 0. The predicted molar refractivity (Wildman–Crippen MR) is 346 cm³/mol. The van der Waals surface area contributed by atoms with Gasteiger partial charge in [-0.15, -0.1) is 0 Å². The Morgan fingerprint density at radius 1 is 0.446 bits per heavy atom. The Morgan fingerprint density at radius 2 is 0.891 bits per heavy atom. The van der Waals surface area contributed by atoms with Crippen molar-refractivity contribution in [1.82, 2.24) is 49.1 Å². The lowest BCUT2D eigenvalue weighted by atomic mass is 9.53. The number of nitrogens with zero attached hydrogens (tertiary/aromatic N) is 5. The standard InChI is InChI=1S/C22H19N3O8.C18H15NO6.C12H8O4.3C5H6N2O2/c1-25-8(27)4-7(26)11-9-5-3-6-10-12-14(23-22(30)24-20(12)28)18(10)32-16(6)19(31-2)17(5)33-21(29)13(9)15(11)25;1-19-10(21)6-9(20)12-11-8-5-7-3-4-24-15(7)17(23-2)16(8)25-18(22)13(11)14(12)19;1-14-12-10-8(4-5-15-10)6-7-2-3-9(13)16-11(7)12;3*1-7-3-2-4(8)6-5(7)9/h3,9-15,18H,4H2,1-2H3,(H2,23,24,28,30);3-5,11-14H,6H2,1-2H3;2-6H,1H3;3*2-3H,1H3,(H,6,8,9). The summed E-state index contributed by atoms with van der Waals surface area (Å²) in [7, 11) is 12.4. The monoisotopic (exact) mass is 1390 g/mol. The number of amides is 5. The van der Waals surface area contributed by atoms with Crippen molar-refractivity contribution in [2.75, 3.05) is 35.4 Å². The molecule has 3 aromatic carbocycles. The van der Waals surface area contributed by atoms with Gasteiger partial charge < -0.3 is 70.5 Å². The zero-order valence-electron chi connectivity index (χ0n) is 54.5. The zero-order chi connectivity index (χ0) is 72.1. The van der Waals surface area contributed by atoms with Gasteiger partial charge in [0.25, 0.3) is 16.7 Å². The highest BCUT2D eigenvalue weighted by Gasteiger charge is 2.68.